The van der Waals surface area contributed by atoms with E-state index < -0.39 is 5.97 Å². The summed E-state index contributed by atoms with van der Waals surface area (Å²) in [4.78, 5) is 27.1. The van der Waals surface area contributed by atoms with Crippen LogP contribution in [0.4, 0.5) is 10.5 Å². The van der Waals surface area contributed by atoms with Gasteiger partial charge < -0.3 is 20.2 Å². The number of para-hydroxylation sites is 1. The number of hydrogen-bond acceptors (Lipinski definition) is 3. The van der Waals surface area contributed by atoms with Gasteiger partial charge in [-0.1, -0.05) is 18.2 Å². The summed E-state index contributed by atoms with van der Waals surface area (Å²) in [7, 11) is 0. The fraction of sp³-hybridized carbons (Fsp3) is 0.556. The Labute approximate surface area is 143 Å². The molecule has 24 heavy (non-hydrogen) atoms. The molecule has 0 atom stereocenters. The molecule has 1 aromatic rings. The topological polar surface area (TPSA) is 72.9 Å². The van der Waals surface area contributed by atoms with E-state index in [1.54, 1.807) is 4.90 Å². The van der Waals surface area contributed by atoms with Crippen LogP contribution >= 0.6 is 0 Å². The van der Waals surface area contributed by atoms with Gasteiger partial charge in [-0.25, -0.2) is 4.79 Å². The van der Waals surface area contributed by atoms with Crippen LogP contribution in [0.3, 0.4) is 0 Å². The number of amides is 2. The van der Waals surface area contributed by atoms with E-state index in [2.05, 4.69) is 36.2 Å². The zero-order valence-electron chi connectivity index (χ0n) is 14.5. The minimum atomic E-state index is -0.758. The maximum Gasteiger partial charge on any atom is 0.317 e. The SMILES string of the molecule is CCN(CCNC(=O)N1CCC(C(=O)O)CC1)c1ccccc1C. The number of carbonyl (C=O) groups is 2. The Bertz CT molecular complexity index is 568. The summed E-state index contributed by atoms with van der Waals surface area (Å²) in [6, 6.07) is 8.13. The van der Waals surface area contributed by atoms with Gasteiger partial charge in [-0.2, -0.15) is 0 Å². The van der Waals surface area contributed by atoms with Gasteiger partial charge in [0.1, 0.15) is 0 Å². The van der Waals surface area contributed by atoms with Gasteiger partial charge in [0.25, 0.3) is 0 Å². The summed E-state index contributed by atoms with van der Waals surface area (Å²) in [6.07, 6.45) is 1.07. The van der Waals surface area contributed by atoms with E-state index in [4.69, 9.17) is 5.11 Å². The summed E-state index contributed by atoms with van der Waals surface area (Å²) in [5.74, 6) is -1.07. The Morgan fingerprint density at radius 3 is 2.54 bits per heavy atom. The fourth-order valence-electron chi connectivity index (χ4n) is 3.11. The van der Waals surface area contributed by atoms with Crippen LogP contribution in [0.1, 0.15) is 25.3 Å². The third-order valence-electron chi connectivity index (χ3n) is 4.63. The normalized spacial score (nSPS) is 15.2. The van der Waals surface area contributed by atoms with Gasteiger partial charge >= 0.3 is 12.0 Å². The van der Waals surface area contributed by atoms with E-state index in [-0.39, 0.29) is 11.9 Å². The first-order valence-corrected chi connectivity index (χ1v) is 8.59. The summed E-state index contributed by atoms with van der Waals surface area (Å²) < 4.78 is 0. The number of carbonyl (C=O) groups excluding carboxylic acids is 1. The van der Waals surface area contributed by atoms with Crippen molar-refractivity contribution in [2.75, 3.05) is 37.6 Å². The van der Waals surface area contributed by atoms with E-state index in [0.29, 0.717) is 32.5 Å². The second-order valence-corrected chi connectivity index (χ2v) is 6.20. The quantitative estimate of drug-likeness (QED) is 0.838. The Morgan fingerprint density at radius 1 is 1.29 bits per heavy atom. The average molecular weight is 333 g/mol. The lowest BCUT2D eigenvalue weighted by Gasteiger charge is -2.31. The van der Waals surface area contributed by atoms with Crippen LogP contribution in [0.15, 0.2) is 24.3 Å². The van der Waals surface area contributed by atoms with Gasteiger partial charge in [0.2, 0.25) is 0 Å². The number of carboxylic acid groups (broad SMARTS) is 1. The van der Waals surface area contributed by atoms with Crippen LogP contribution in [-0.4, -0.2) is 54.7 Å². The van der Waals surface area contributed by atoms with Gasteiger partial charge in [0, 0.05) is 38.4 Å². The predicted octanol–water partition coefficient (Wildman–Crippen LogP) is 2.33. The standard InChI is InChI=1S/C18H27N3O3/c1-3-20(16-7-5-4-6-14(16)2)13-10-19-18(24)21-11-8-15(9-12-21)17(22)23/h4-7,15H,3,8-13H2,1-2H3,(H,19,24)(H,22,23). The van der Waals surface area contributed by atoms with E-state index >= 15 is 0 Å². The minimum Gasteiger partial charge on any atom is -0.481 e. The number of piperidine rings is 1. The molecule has 1 aliphatic rings. The third kappa shape index (κ3) is 4.63. The van der Waals surface area contributed by atoms with Crippen LogP contribution in [0.5, 0.6) is 0 Å². The summed E-state index contributed by atoms with van der Waals surface area (Å²) >= 11 is 0. The number of urea groups is 1. The number of aryl methyl sites for hydroxylation is 1. The molecule has 132 valence electrons. The number of rotatable bonds is 6. The highest BCUT2D eigenvalue weighted by Gasteiger charge is 2.26. The first kappa shape index (κ1) is 18.1. The summed E-state index contributed by atoms with van der Waals surface area (Å²) in [5, 5.41) is 11.9. The molecule has 2 rings (SSSR count). The molecular formula is C18H27N3O3. The van der Waals surface area contributed by atoms with Crippen molar-refractivity contribution in [3.05, 3.63) is 29.8 Å². The molecule has 1 fully saturated rings. The molecule has 6 nitrogen and oxygen atoms in total. The van der Waals surface area contributed by atoms with Crippen molar-refractivity contribution in [2.24, 2.45) is 5.92 Å². The average Bonchev–Trinajstić information content (AvgIpc) is 2.59. The van der Waals surface area contributed by atoms with Crippen molar-refractivity contribution in [1.82, 2.24) is 10.2 Å². The lowest BCUT2D eigenvalue weighted by atomic mass is 9.97. The van der Waals surface area contributed by atoms with Crippen LogP contribution in [-0.2, 0) is 4.79 Å². The highest BCUT2D eigenvalue weighted by Crippen LogP contribution is 2.19. The maximum absolute atomic E-state index is 12.2. The molecule has 1 aromatic carbocycles. The van der Waals surface area contributed by atoms with Crippen molar-refractivity contribution in [3.63, 3.8) is 0 Å². The van der Waals surface area contributed by atoms with Gasteiger partial charge in [-0.05, 0) is 38.3 Å². The molecule has 1 heterocycles. The van der Waals surface area contributed by atoms with E-state index in [0.717, 1.165) is 13.1 Å². The van der Waals surface area contributed by atoms with E-state index in [1.165, 1.54) is 11.3 Å². The van der Waals surface area contributed by atoms with Crippen LogP contribution in [0.2, 0.25) is 0 Å². The Kier molecular flexibility index (Phi) is 6.46. The molecule has 2 amide bonds. The number of hydrogen-bond donors (Lipinski definition) is 2. The Hall–Kier alpha value is -2.24. The van der Waals surface area contributed by atoms with E-state index in [1.807, 2.05) is 12.1 Å². The number of anilines is 1. The maximum atomic E-state index is 12.2. The first-order chi connectivity index (χ1) is 11.5. The third-order valence-corrected chi connectivity index (χ3v) is 4.63. The van der Waals surface area contributed by atoms with Gasteiger partial charge in [-0.15, -0.1) is 0 Å². The van der Waals surface area contributed by atoms with Crippen LogP contribution in [0, 0.1) is 12.8 Å². The highest BCUT2D eigenvalue weighted by atomic mass is 16.4. The second-order valence-electron chi connectivity index (χ2n) is 6.20. The van der Waals surface area contributed by atoms with Crippen LogP contribution in [0.25, 0.3) is 0 Å². The Balaban J connectivity index is 1.78. The largest absolute Gasteiger partial charge is 0.481 e. The molecule has 2 N–H and O–H groups in total. The molecule has 0 unspecified atom stereocenters. The van der Waals surface area contributed by atoms with E-state index in [9.17, 15) is 9.59 Å². The van der Waals surface area contributed by atoms with Crippen molar-refractivity contribution in [1.29, 1.82) is 0 Å². The van der Waals surface area contributed by atoms with Crippen molar-refractivity contribution in [2.45, 2.75) is 26.7 Å². The zero-order chi connectivity index (χ0) is 17.5. The molecule has 0 radical (unpaired) electrons. The minimum absolute atomic E-state index is 0.0975. The monoisotopic (exact) mass is 333 g/mol. The predicted molar refractivity (Wildman–Crippen MR) is 94.4 cm³/mol. The highest BCUT2D eigenvalue weighted by molar-refractivity contribution is 5.75. The smallest absolute Gasteiger partial charge is 0.317 e. The molecule has 1 aliphatic heterocycles. The van der Waals surface area contributed by atoms with Crippen molar-refractivity contribution in [3.8, 4) is 0 Å². The number of aliphatic carboxylic acids is 1. The lowest BCUT2D eigenvalue weighted by molar-refractivity contribution is -0.143. The number of likely N-dealkylation sites (N-methyl/N-ethyl adjacent to an activating group) is 1. The van der Waals surface area contributed by atoms with Crippen molar-refractivity contribution >= 4 is 17.7 Å². The molecule has 0 spiro atoms. The second kappa shape index (κ2) is 8.57. The number of nitrogens with zero attached hydrogens (tertiary/aromatic N) is 2. The van der Waals surface area contributed by atoms with Gasteiger partial charge in [0.05, 0.1) is 5.92 Å². The fourth-order valence-corrected chi connectivity index (χ4v) is 3.11. The molecule has 1 saturated heterocycles. The number of carboxylic acids is 1. The Morgan fingerprint density at radius 2 is 1.96 bits per heavy atom. The molecule has 0 aliphatic carbocycles. The van der Waals surface area contributed by atoms with Crippen LogP contribution < -0.4 is 10.2 Å². The zero-order valence-corrected chi connectivity index (χ0v) is 14.5. The van der Waals surface area contributed by atoms with Gasteiger partial charge in [0.15, 0.2) is 0 Å². The number of likely N-dealkylation sites (tertiary alicyclic amines) is 1. The van der Waals surface area contributed by atoms with Gasteiger partial charge in [-0.3, -0.25) is 4.79 Å². The number of benzene rings is 1. The summed E-state index contributed by atoms with van der Waals surface area (Å²) in [5.41, 5.74) is 2.41. The van der Waals surface area contributed by atoms with Crippen molar-refractivity contribution < 1.29 is 14.7 Å². The number of nitrogens with one attached hydrogen (secondary N) is 1. The molecule has 0 saturated carbocycles. The molecule has 6 heteroatoms. The molecule has 0 aromatic heterocycles. The molecular weight excluding hydrogens is 306 g/mol. The summed E-state index contributed by atoms with van der Waals surface area (Å²) in [6.45, 7) is 7.41. The lowest BCUT2D eigenvalue weighted by Crippen LogP contribution is -2.47. The molecule has 0 bridgehead atoms. The first-order valence-electron chi connectivity index (χ1n) is 8.59.